The molecule has 1 aromatic carbocycles. The van der Waals surface area contributed by atoms with Crippen LogP contribution in [0.25, 0.3) is 10.9 Å². The fourth-order valence-electron chi connectivity index (χ4n) is 3.96. The van der Waals surface area contributed by atoms with Crippen molar-refractivity contribution < 1.29 is 0 Å². The number of aromatic nitrogens is 1. The van der Waals surface area contributed by atoms with Crippen LogP contribution in [0.4, 0.5) is 0 Å². The number of fused-ring (bicyclic) bond motifs is 1. The summed E-state index contributed by atoms with van der Waals surface area (Å²) in [5.74, 6) is 0.918. The summed E-state index contributed by atoms with van der Waals surface area (Å²) in [7, 11) is 0. The van der Waals surface area contributed by atoms with E-state index in [0.29, 0.717) is 0 Å². The van der Waals surface area contributed by atoms with Crippen LogP contribution in [-0.2, 0) is 6.42 Å². The van der Waals surface area contributed by atoms with Crippen molar-refractivity contribution in [2.75, 3.05) is 13.1 Å². The Morgan fingerprint density at radius 2 is 1.96 bits per heavy atom. The van der Waals surface area contributed by atoms with Gasteiger partial charge >= 0.3 is 0 Å². The van der Waals surface area contributed by atoms with Crippen LogP contribution in [0.15, 0.2) is 48.2 Å². The minimum atomic E-state index is 0.918. The molecule has 1 aliphatic carbocycles. The van der Waals surface area contributed by atoms with Gasteiger partial charge in [-0.25, -0.2) is 0 Å². The van der Waals surface area contributed by atoms with Crippen molar-refractivity contribution >= 4 is 10.9 Å². The van der Waals surface area contributed by atoms with E-state index in [1.807, 2.05) is 0 Å². The lowest BCUT2D eigenvalue weighted by Crippen LogP contribution is -2.27. The lowest BCUT2D eigenvalue weighted by atomic mass is 9.91. The number of benzene rings is 1. The van der Waals surface area contributed by atoms with Gasteiger partial charge in [0.15, 0.2) is 0 Å². The number of allylic oxidation sites excluding steroid dienone is 4. The first kappa shape index (κ1) is 19.0. The summed E-state index contributed by atoms with van der Waals surface area (Å²) in [5.41, 5.74) is 5.62. The zero-order chi connectivity index (χ0) is 18.2. The molecule has 1 aliphatic heterocycles. The fourth-order valence-corrected chi connectivity index (χ4v) is 3.96. The fraction of sp³-hybridized carbons (Fsp3) is 0.500. The Kier molecular flexibility index (Phi) is 7.13. The third-order valence-electron chi connectivity index (χ3n) is 5.68. The van der Waals surface area contributed by atoms with Gasteiger partial charge in [0, 0.05) is 17.1 Å². The molecule has 2 nitrogen and oxygen atoms in total. The van der Waals surface area contributed by atoms with Gasteiger partial charge in [-0.15, -0.1) is 0 Å². The molecule has 1 fully saturated rings. The van der Waals surface area contributed by atoms with Gasteiger partial charge in [0.1, 0.15) is 0 Å². The average Bonchev–Trinajstić information content (AvgIpc) is 3.10. The van der Waals surface area contributed by atoms with Crippen molar-refractivity contribution in [3.63, 3.8) is 0 Å². The van der Waals surface area contributed by atoms with Gasteiger partial charge in [0.05, 0.1) is 0 Å². The van der Waals surface area contributed by atoms with Crippen LogP contribution in [0.5, 0.6) is 0 Å². The predicted octanol–water partition coefficient (Wildman–Crippen LogP) is 6.08. The number of aryl methyl sites for hydroxylation is 2. The Labute approximate surface area is 158 Å². The van der Waals surface area contributed by atoms with E-state index < -0.39 is 0 Å². The van der Waals surface area contributed by atoms with Crippen LogP contribution in [0, 0.1) is 12.8 Å². The predicted molar refractivity (Wildman–Crippen MR) is 114 cm³/mol. The number of nitrogens with one attached hydrogen (secondary N) is 2. The Balaban J connectivity index is 0.000000206. The second-order valence-corrected chi connectivity index (χ2v) is 7.71. The van der Waals surface area contributed by atoms with Crippen LogP contribution in [-0.4, -0.2) is 18.1 Å². The second-order valence-electron chi connectivity index (χ2n) is 7.71. The standard InChI is InChI=1S/C16H22N2.C8H12/c1-12-2-5-16-15(10-12)14(11-18-16)4-3-13-6-8-17-9-7-13;1-2-8-6-4-3-5-7-8/h2,5,10-11,13,17-18H,3-4,6-9H2,1H3;4,6-7H,2-3,5H2,1H3. The topological polar surface area (TPSA) is 27.8 Å². The minimum Gasteiger partial charge on any atom is -0.361 e. The van der Waals surface area contributed by atoms with Crippen LogP contribution in [0.1, 0.15) is 56.6 Å². The highest BCUT2D eigenvalue weighted by atomic mass is 14.9. The largest absolute Gasteiger partial charge is 0.361 e. The highest BCUT2D eigenvalue weighted by Gasteiger charge is 2.13. The number of H-pyrrole nitrogens is 1. The molecule has 4 rings (SSSR count). The van der Waals surface area contributed by atoms with Gasteiger partial charge in [-0.3, -0.25) is 0 Å². The number of piperidine rings is 1. The van der Waals surface area contributed by atoms with E-state index in [4.69, 9.17) is 0 Å². The molecule has 1 aromatic heterocycles. The Morgan fingerprint density at radius 3 is 2.65 bits per heavy atom. The van der Waals surface area contributed by atoms with E-state index in [1.54, 1.807) is 0 Å². The number of aromatic amines is 1. The Bertz CT molecular complexity index is 745. The highest BCUT2D eigenvalue weighted by molar-refractivity contribution is 5.83. The molecule has 2 N–H and O–H groups in total. The van der Waals surface area contributed by atoms with Crippen molar-refractivity contribution in [2.45, 2.75) is 58.8 Å². The summed E-state index contributed by atoms with van der Waals surface area (Å²) in [5, 5.41) is 4.86. The molecular weight excluding hydrogens is 316 g/mol. The lowest BCUT2D eigenvalue weighted by Gasteiger charge is -2.22. The molecule has 0 radical (unpaired) electrons. The molecule has 2 aromatic rings. The van der Waals surface area contributed by atoms with E-state index in [9.17, 15) is 0 Å². The van der Waals surface area contributed by atoms with E-state index >= 15 is 0 Å². The van der Waals surface area contributed by atoms with Gasteiger partial charge in [-0.05, 0) is 88.6 Å². The summed E-state index contributed by atoms with van der Waals surface area (Å²) < 4.78 is 0. The first-order valence-electron chi connectivity index (χ1n) is 10.4. The second kappa shape index (κ2) is 9.78. The van der Waals surface area contributed by atoms with Crippen molar-refractivity contribution in [1.82, 2.24) is 10.3 Å². The maximum absolute atomic E-state index is 3.44. The highest BCUT2D eigenvalue weighted by Crippen LogP contribution is 2.24. The SMILES string of the molecule is CCC1=CCCC=C1.Cc1ccc2[nH]cc(CCC3CCNCC3)c2c1. The maximum Gasteiger partial charge on any atom is 0.0456 e. The molecule has 0 amide bonds. The molecule has 0 bridgehead atoms. The smallest absolute Gasteiger partial charge is 0.0456 e. The van der Waals surface area contributed by atoms with E-state index in [1.165, 1.54) is 85.6 Å². The van der Waals surface area contributed by atoms with Crippen molar-refractivity contribution in [1.29, 1.82) is 0 Å². The lowest BCUT2D eigenvalue weighted by molar-refractivity contribution is 0.354. The molecule has 140 valence electrons. The maximum atomic E-state index is 3.44. The van der Waals surface area contributed by atoms with Crippen LogP contribution in [0.2, 0.25) is 0 Å². The van der Waals surface area contributed by atoms with Gasteiger partial charge in [-0.1, -0.05) is 42.4 Å². The molecule has 2 heteroatoms. The van der Waals surface area contributed by atoms with Gasteiger partial charge in [0.2, 0.25) is 0 Å². The van der Waals surface area contributed by atoms with Crippen molar-refractivity contribution in [3.8, 4) is 0 Å². The molecule has 1 saturated heterocycles. The molecule has 0 atom stereocenters. The first-order chi connectivity index (χ1) is 12.8. The molecular formula is C24H34N2. The van der Waals surface area contributed by atoms with Crippen LogP contribution < -0.4 is 5.32 Å². The summed E-state index contributed by atoms with van der Waals surface area (Å²) in [4.78, 5) is 3.39. The first-order valence-corrected chi connectivity index (χ1v) is 10.4. The summed E-state index contributed by atoms with van der Waals surface area (Å²) in [6, 6.07) is 6.68. The molecule has 0 saturated carbocycles. The van der Waals surface area contributed by atoms with Gasteiger partial charge in [-0.2, -0.15) is 0 Å². The Hall–Kier alpha value is -1.80. The quantitative estimate of drug-likeness (QED) is 0.687. The zero-order valence-electron chi connectivity index (χ0n) is 16.5. The molecule has 26 heavy (non-hydrogen) atoms. The third-order valence-corrected chi connectivity index (χ3v) is 5.68. The summed E-state index contributed by atoms with van der Waals surface area (Å²) in [6.45, 7) is 6.78. The molecule has 2 aliphatic rings. The van der Waals surface area contributed by atoms with Crippen LogP contribution >= 0.6 is 0 Å². The number of rotatable bonds is 4. The molecule has 0 spiro atoms. The number of hydrogen-bond acceptors (Lipinski definition) is 1. The van der Waals surface area contributed by atoms with Gasteiger partial charge < -0.3 is 10.3 Å². The van der Waals surface area contributed by atoms with Crippen LogP contribution in [0.3, 0.4) is 0 Å². The van der Waals surface area contributed by atoms with E-state index in [-0.39, 0.29) is 0 Å². The monoisotopic (exact) mass is 350 g/mol. The average molecular weight is 351 g/mol. The van der Waals surface area contributed by atoms with Gasteiger partial charge in [0.25, 0.3) is 0 Å². The molecule has 2 heterocycles. The number of hydrogen-bond donors (Lipinski definition) is 2. The normalized spacial score (nSPS) is 17.7. The minimum absolute atomic E-state index is 0.918. The third kappa shape index (κ3) is 5.35. The Morgan fingerprint density at radius 1 is 1.12 bits per heavy atom. The van der Waals surface area contributed by atoms with Crippen molar-refractivity contribution in [2.24, 2.45) is 5.92 Å². The molecule has 0 unspecified atom stereocenters. The zero-order valence-corrected chi connectivity index (χ0v) is 16.5. The van der Waals surface area contributed by atoms with E-state index in [0.717, 1.165) is 5.92 Å². The van der Waals surface area contributed by atoms with Crippen molar-refractivity contribution in [3.05, 3.63) is 59.3 Å². The summed E-state index contributed by atoms with van der Waals surface area (Å²) in [6.07, 6.45) is 17.9. The van der Waals surface area contributed by atoms with E-state index in [2.05, 4.69) is 66.8 Å². The summed E-state index contributed by atoms with van der Waals surface area (Å²) >= 11 is 0.